The van der Waals surface area contributed by atoms with E-state index in [1.807, 2.05) is 0 Å². The van der Waals surface area contributed by atoms with Gasteiger partial charge in [-0.05, 0) is 98.0 Å². The molecule has 2 nitrogen and oxygen atoms in total. The highest BCUT2D eigenvalue weighted by Gasteiger charge is 2.07. The first-order valence-corrected chi connectivity index (χ1v) is 18.1. The fraction of sp³-hybridized carbons (Fsp3) is 0.610. The number of allylic oxidation sites excluding steroid dienone is 2. The average Bonchev–Trinajstić information content (AvgIpc) is 2.97. The molecule has 0 aromatic heterocycles. The Bertz CT molecular complexity index is 1070. The zero-order valence-corrected chi connectivity index (χ0v) is 28.9. The topological polar surface area (TPSA) is 24.7 Å². The first-order valence-electron chi connectivity index (χ1n) is 18.1. The molecule has 0 aliphatic heterocycles. The first kappa shape index (κ1) is 36.7. The second-order valence-electron chi connectivity index (χ2n) is 12.6. The van der Waals surface area contributed by atoms with E-state index in [4.69, 9.17) is 9.98 Å². The van der Waals surface area contributed by atoms with Crippen LogP contribution < -0.4 is 0 Å². The van der Waals surface area contributed by atoms with Crippen LogP contribution in [-0.2, 0) is 25.7 Å². The lowest BCUT2D eigenvalue weighted by Gasteiger charge is -2.10. The maximum atomic E-state index is 5.25. The van der Waals surface area contributed by atoms with Crippen molar-refractivity contribution in [2.75, 3.05) is 0 Å². The Morgan fingerprint density at radius 1 is 0.488 bits per heavy atom. The van der Waals surface area contributed by atoms with E-state index in [-0.39, 0.29) is 0 Å². The summed E-state index contributed by atoms with van der Waals surface area (Å²) in [4.78, 5) is 10.4. The van der Waals surface area contributed by atoms with Crippen molar-refractivity contribution in [2.45, 2.75) is 164 Å². The standard InChI is InChI=1S/C41H64N2/c1-7-12-13-14-15-16-17-18-19-20-21-22-27-41(43-40-32-37(25-10-4)29-38(33-40)26-11-5)34(6)42-39-30-35(23-8-2)28-36(31-39)24-9-3/h22,27-33H,7-21,23-26H2,1-6H3/b27-22+,42-34?,43-41?. The van der Waals surface area contributed by atoms with Gasteiger partial charge in [-0.15, -0.1) is 0 Å². The van der Waals surface area contributed by atoms with E-state index in [1.54, 1.807) is 0 Å². The minimum absolute atomic E-state index is 0.987. The van der Waals surface area contributed by atoms with Crippen LogP contribution in [-0.4, -0.2) is 11.4 Å². The molecular weight excluding hydrogens is 520 g/mol. The van der Waals surface area contributed by atoms with Gasteiger partial charge in [0.05, 0.1) is 22.8 Å². The predicted molar refractivity (Wildman–Crippen MR) is 194 cm³/mol. The SMILES string of the molecule is CCCCCCCCCCCC/C=C/C(=Nc1cc(CCC)cc(CCC)c1)C(C)=Nc1cc(CCC)cc(CCC)c1. The number of rotatable bonds is 23. The number of aliphatic imine (C=N–C) groups is 2. The van der Waals surface area contributed by atoms with Crippen LogP contribution in [0.25, 0.3) is 0 Å². The summed E-state index contributed by atoms with van der Waals surface area (Å²) in [7, 11) is 0. The minimum atomic E-state index is 0.987. The number of hydrogen-bond donors (Lipinski definition) is 0. The van der Waals surface area contributed by atoms with E-state index < -0.39 is 0 Å². The first-order chi connectivity index (χ1) is 21.0. The smallest absolute Gasteiger partial charge is 0.0845 e. The van der Waals surface area contributed by atoms with Gasteiger partial charge in [0.25, 0.3) is 0 Å². The van der Waals surface area contributed by atoms with E-state index in [1.165, 1.54) is 86.5 Å². The Labute approximate surface area is 266 Å². The van der Waals surface area contributed by atoms with E-state index in [0.717, 1.165) is 80.6 Å². The quantitative estimate of drug-likeness (QED) is 0.0916. The summed E-state index contributed by atoms with van der Waals surface area (Å²) in [5, 5.41) is 0. The van der Waals surface area contributed by atoms with Crippen molar-refractivity contribution in [3.8, 4) is 0 Å². The Morgan fingerprint density at radius 3 is 1.30 bits per heavy atom. The maximum Gasteiger partial charge on any atom is 0.0845 e. The van der Waals surface area contributed by atoms with Crippen molar-refractivity contribution in [1.29, 1.82) is 0 Å². The Balaban J connectivity index is 2.23. The van der Waals surface area contributed by atoms with Crippen molar-refractivity contribution in [1.82, 2.24) is 0 Å². The summed E-state index contributed by atoms with van der Waals surface area (Å²) >= 11 is 0. The Morgan fingerprint density at radius 2 is 0.884 bits per heavy atom. The largest absolute Gasteiger partial charge is 0.251 e. The molecule has 0 saturated carbocycles. The fourth-order valence-corrected chi connectivity index (χ4v) is 5.92. The van der Waals surface area contributed by atoms with Crippen molar-refractivity contribution in [3.05, 3.63) is 70.8 Å². The van der Waals surface area contributed by atoms with Crippen LogP contribution in [0, 0.1) is 0 Å². The zero-order valence-electron chi connectivity index (χ0n) is 28.9. The lowest BCUT2D eigenvalue weighted by Crippen LogP contribution is -2.07. The molecule has 238 valence electrons. The van der Waals surface area contributed by atoms with E-state index in [2.05, 4.69) is 90.1 Å². The van der Waals surface area contributed by atoms with Gasteiger partial charge in [0, 0.05) is 0 Å². The maximum absolute atomic E-state index is 5.25. The highest BCUT2D eigenvalue weighted by atomic mass is 14.8. The summed E-state index contributed by atoms with van der Waals surface area (Å²) in [6.45, 7) is 13.5. The molecule has 2 aromatic rings. The summed E-state index contributed by atoms with van der Waals surface area (Å²) in [6.07, 6.45) is 28.4. The van der Waals surface area contributed by atoms with Gasteiger partial charge in [0.2, 0.25) is 0 Å². The van der Waals surface area contributed by atoms with Crippen LogP contribution in [0.15, 0.2) is 58.5 Å². The lowest BCUT2D eigenvalue weighted by atomic mass is 10.0. The van der Waals surface area contributed by atoms with E-state index >= 15 is 0 Å². The van der Waals surface area contributed by atoms with Crippen molar-refractivity contribution >= 4 is 22.8 Å². The molecule has 0 atom stereocenters. The van der Waals surface area contributed by atoms with Crippen LogP contribution in [0.1, 0.15) is 160 Å². The molecular formula is C41H64N2. The number of unbranched alkanes of at least 4 members (excludes halogenated alkanes) is 10. The molecule has 0 heterocycles. The molecule has 0 aliphatic rings. The number of hydrogen-bond acceptors (Lipinski definition) is 2. The molecule has 2 heteroatoms. The van der Waals surface area contributed by atoms with Crippen LogP contribution in [0.3, 0.4) is 0 Å². The molecule has 2 rings (SSSR count). The van der Waals surface area contributed by atoms with Crippen molar-refractivity contribution in [2.24, 2.45) is 9.98 Å². The highest BCUT2D eigenvalue weighted by Crippen LogP contribution is 2.24. The molecule has 0 radical (unpaired) electrons. The number of nitrogens with zero attached hydrogens (tertiary/aromatic N) is 2. The molecule has 0 bridgehead atoms. The lowest BCUT2D eigenvalue weighted by molar-refractivity contribution is 0.557. The third kappa shape index (κ3) is 15.7. The molecule has 0 aliphatic carbocycles. The van der Waals surface area contributed by atoms with Crippen LogP contribution >= 0.6 is 0 Å². The highest BCUT2D eigenvalue weighted by molar-refractivity contribution is 6.46. The van der Waals surface area contributed by atoms with Gasteiger partial charge in [0.1, 0.15) is 0 Å². The normalized spacial score (nSPS) is 12.5. The Hall–Kier alpha value is -2.48. The van der Waals surface area contributed by atoms with E-state index in [0.29, 0.717) is 0 Å². The molecule has 0 saturated heterocycles. The monoisotopic (exact) mass is 585 g/mol. The molecule has 0 N–H and O–H groups in total. The fourth-order valence-electron chi connectivity index (χ4n) is 5.92. The molecule has 0 spiro atoms. The molecule has 0 amide bonds. The van der Waals surface area contributed by atoms with Crippen LogP contribution in [0.5, 0.6) is 0 Å². The van der Waals surface area contributed by atoms with Gasteiger partial charge >= 0.3 is 0 Å². The van der Waals surface area contributed by atoms with Crippen LogP contribution in [0.2, 0.25) is 0 Å². The van der Waals surface area contributed by atoms with Gasteiger partial charge in [0.15, 0.2) is 0 Å². The van der Waals surface area contributed by atoms with Gasteiger partial charge in [-0.25, -0.2) is 4.99 Å². The van der Waals surface area contributed by atoms with Crippen LogP contribution in [0.4, 0.5) is 11.4 Å². The molecule has 43 heavy (non-hydrogen) atoms. The number of aryl methyl sites for hydroxylation is 4. The summed E-state index contributed by atoms with van der Waals surface area (Å²) in [5.41, 5.74) is 9.69. The zero-order chi connectivity index (χ0) is 31.1. The van der Waals surface area contributed by atoms with Gasteiger partial charge in [-0.3, -0.25) is 4.99 Å². The minimum Gasteiger partial charge on any atom is -0.251 e. The molecule has 2 aromatic carbocycles. The van der Waals surface area contributed by atoms with E-state index in [9.17, 15) is 0 Å². The second kappa shape index (κ2) is 23.0. The average molecular weight is 585 g/mol. The van der Waals surface area contributed by atoms with Crippen molar-refractivity contribution < 1.29 is 0 Å². The van der Waals surface area contributed by atoms with Crippen molar-refractivity contribution in [3.63, 3.8) is 0 Å². The Kier molecular flexibility index (Phi) is 19.6. The number of benzene rings is 2. The summed E-state index contributed by atoms with van der Waals surface area (Å²) in [6, 6.07) is 13.9. The third-order valence-electron chi connectivity index (χ3n) is 8.15. The summed E-state index contributed by atoms with van der Waals surface area (Å²) in [5.74, 6) is 0. The molecule has 0 fully saturated rings. The molecule has 0 unspecified atom stereocenters. The van der Waals surface area contributed by atoms with Gasteiger partial charge < -0.3 is 0 Å². The van der Waals surface area contributed by atoms with Gasteiger partial charge in [-0.1, -0.05) is 136 Å². The second-order valence-corrected chi connectivity index (χ2v) is 12.6. The summed E-state index contributed by atoms with van der Waals surface area (Å²) < 4.78 is 0. The third-order valence-corrected chi connectivity index (χ3v) is 8.15. The van der Waals surface area contributed by atoms with Gasteiger partial charge in [-0.2, -0.15) is 0 Å². The predicted octanol–water partition coefficient (Wildman–Crippen LogP) is 13.2.